The van der Waals surface area contributed by atoms with Crippen molar-refractivity contribution in [2.45, 2.75) is 33.6 Å². The predicted molar refractivity (Wildman–Crippen MR) is 116 cm³/mol. The first-order chi connectivity index (χ1) is 14.0. The van der Waals surface area contributed by atoms with Crippen LogP contribution < -0.4 is 5.32 Å². The van der Waals surface area contributed by atoms with Crippen molar-refractivity contribution in [2.24, 2.45) is 0 Å². The molecule has 0 spiro atoms. The number of thiazole rings is 1. The lowest BCUT2D eigenvalue weighted by Crippen LogP contribution is -2.27. The lowest BCUT2D eigenvalue weighted by atomic mass is 10.0. The fourth-order valence-electron chi connectivity index (χ4n) is 3.54. The molecule has 1 N–H and O–H groups in total. The number of fused-ring (bicyclic) bond motifs is 1. The van der Waals surface area contributed by atoms with Crippen LogP contribution in [-0.2, 0) is 17.6 Å². The molecule has 0 aliphatic rings. The monoisotopic (exact) mass is 405 g/mol. The Hall–Kier alpha value is -2.99. The molecule has 29 heavy (non-hydrogen) atoms. The zero-order valence-corrected chi connectivity index (χ0v) is 17.6. The number of nitrogens with one attached hydrogen (secondary N) is 1. The first-order valence-electron chi connectivity index (χ1n) is 9.63. The lowest BCUT2D eigenvalue weighted by molar-refractivity contribution is -0.120. The second kappa shape index (κ2) is 8.17. The van der Waals surface area contributed by atoms with Crippen molar-refractivity contribution in [2.75, 3.05) is 6.54 Å². The van der Waals surface area contributed by atoms with Gasteiger partial charge in [-0.1, -0.05) is 35.5 Å². The molecule has 1 amide bonds. The molecule has 6 heteroatoms. The van der Waals surface area contributed by atoms with Gasteiger partial charge in [0.2, 0.25) is 5.91 Å². The van der Waals surface area contributed by atoms with E-state index >= 15 is 0 Å². The summed E-state index contributed by atoms with van der Waals surface area (Å²) < 4.78 is 5.40. The number of carbonyl (C=O) groups excluding carboxylic acids is 1. The summed E-state index contributed by atoms with van der Waals surface area (Å²) in [6, 6.07) is 12.4. The van der Waals surface area contributed by atoms with Gasteiger partial charge >= 0.3 is 0 Å². The Balaban J connectivity index is 1.32. The number of amides is 1. The van der Waals surface area contributed by atoms with E-state index < -0.39 is 0 Å². The zero-order chi connectivity index (χ0) is 20.4. The van der Waals surface area contributed by atoms with Gasteiger partial charge in [-0.15, -0.1) is 11.3 Å². The highest BCUT2D eigenvalue weighted by Crippen LogP contribution is 2.24. The summed E-state index contributed by atoms with van der Waals surface area (Å²) >= 11 is 1.65. The van der Waals surface area contributed by atoms with Crippen molar-refractivity contribution in [3.8, 4) is 11.3 Å². The van der Waals surface area contributed by atoms with Crippen LogP contribution in [0.1, 0.15) is 27.4 Å². The van der Waals surface area contributed by atoms with Gasteiger partial charge in [-0.05, 0) is 49.9 Å². The number of hydrogen-bond acceptors (Lipinski definition) is 5. The molecule has 2 aromatic carbocycles. The molecule has 5 nitrogen and oxygen atoms in total. The molecule has 0 aliphatic carbocycles. The Morgan fingerprint density at radius 2 is 1.93 bits per heavy atom. The number of nitrogens with zero attached hydrogens (tertiary/aromatic N) is 2. The van der Waals surface area contributed by atoms with Crippen LogP contribution >= 0.6 is 11.3 Å². The maximum atomic E-state index is 12.4. The Morgan fingerprint density at radius 1 is 1.14 bits per heavy atom. The Labute approximate surface area is 173 Å². The van der Waals surface area contributed by atoms with Gasteiger partial charge in [0.25, 0.3) is 0 Å². The molecule has 4 rings (SSSR count). The Bertz CT molecular complexity index is 1160. The van der Waals surface area contributed by atoms with Crippen LogP contribution in [-0.4, -0.2) is 22.6 Å². The zero-order valence-electron chi connectivity index (χ0n) is 16.8. The summed E-state index contributed by atoms with van der Waals surface area (Å²) in [5, 5.41) is 11.2. The summed E-state index contributed by atoms with van der Waals surface area (Å²) in [5.41, 5.74) is 6.94. The molecule has 0 fully saturated rings. The normalized spacial score (nSPS) is 11.1. The highest BCUT2D eigenvalue weighted by atomic mass is 32.1. The van der Waals surface area contributed by atoms with Crippen molar-refractivity contribution >= 4 is 28.2 Å². The highest BCUT2D eigenvalue weighted by molar-refractivity contribution is 7.09. The van der Waals surface area contributed by atoms with Gasteiger partial charge in [-0.3, -0.25) is 4.79 Å². The summed E-state index contributed by atoms with van der Waals surface area (Å²) in [6.45, 7) is 6.63. The molecule has 2 aromatic heterocycles. The van der Waals surface area contributed by atoms with Gasteiger partial charge in [-0.25, -0.2) is 4.98 Å². The molecule has 4 aromatic rings. The number of benzene rings is 2. The summed E-state index contributed by atoms with van der Waals surface area (Å²) in [4.78, 5) is 16.9. The molecule has 148 valence electrons. The van der Waals surface area contributed by atoms with Crippen LogP contribution in [0.4, 0.5) is 0 Å². The molecule has 2 heterocycles. The van der Waals surface area contributed by atoms with Gasteiger partial charge in [-0.2, -0.15) is 0 Å². The summed E-state index contributed by atoms with van der Waals surface area (Å²) in [6.07, 6.45) is 0.999. The molecule has 0 saturated heterocycles. The van der Waals surface area contributed by atoms with Gasteiger partial charge in [0.1, 0.15) is 5.69 Å². The van der Waals surface area contributed by atoms with E-state index in [1.807, 2.05) is 26.8 Å². The van der Waals surface area contributed by atoms with Gasteiger partial charge < -0.3 is 9.84 Å². The van der Waals surface area contributed by atoms with E-state index in [1.54, 1.807) is 11.3 Å². The van der Waals surface area contributed by atoms with Crippen molar-refractivity contribution in [1.29, 1.82) is 0 Å². The molecule has 0 radical (unpaired) electrons. The molecular weight excluding hydrogens is 382 g/mol. The minimum absolute atomic E-state index is 0.0465. The molecule has 0 unspecified atom stereocenters. The van der Waals surface area contributed by atoms with Crippen molar-refractivity contribution in [3.63, 3.8) is 0 Å². The van der Waals surface area contributed by atoms with E-state index in [0.717, 1.165) is 44.8 Å². The van der Waals surface area contributed by atoms with Crippen LogP contribution in [0.2, 0.25) is 0 Å². The third-order valence-electron chi connectivity index (χ3n) is 4.92. The maximum Gasteiger partial charge on any atom is 0.226 e. The van der Waals surface area contributed by atoms with Crippen molar-refractivity contribution < 1.29 is 9.32 Å². The summed E-state index contributed by atoms with van der Waals surface area (Å²) in [7, 11) is 0. The highest BCUT2D eigenvalue weighted by Gasteiger charge is 2.14. The quantitative estimate of drug-likeness (QED) is 0.501. The van der Waals surface area contributed by atoms with Crippen LogP contribution in [0.3, 0.4) is 0 Å². The van der Waals surface area contributed by atoms with Crippen LogP contribution in [0.15, 0.2) is 46.3 Å². The number of rotatable bonds is 6. The van der Waals surface area contributed by atoms with Crippen LogP contribution in [0.25, 0.3) is 22.2 Å². The standard InChI is InChI=1S/C23H23N3O2S/c1-14-10-15(2)23-19(26-28-21(23)11-14)12-22(27)24-9-8-17-4-6-18(7-5-17)20-13-29-16(3)25-20/h4-7,10-11,13H,8-9,12H2,1-3H3,(H,24,27). The van der Waals surface area contributed by atoms with E-state index in [1.165, 1.54) is 5.56 Å². The van der Waals surface area contributed by atoms with Gasteiger partial charge in [0.05, 0.1) is 17.1 Å². The third kappa shape index (κ3) is 4.38. The van der Waals surface area contributed by atoms with E-state index in [0.29, 0.717) is 12.2 Å². The Kier molecular flexibility index (Phi) is 5.45. The lowest BCUT2D eigenvalue weighted by Gasteiger charge is -2.06. The maximum absolute atomic E-state index is 12.4. The Morgan fingerprint density at radius 3 is 2.66 bits per heavy atom. The average molecular weight is 406 g/mol. The fraction of sp³-hybridized carbons (Fsp3) is 0.261. The summed E-state index contributed by atoms with van der Waals surface area (Å²) in [5.74, 6) is -0.0465. The minimum Gasteiger partial charge on any atom is -0.356 e. The number of carbonyl (C=O) groups is 1. The number of aromatic nitrogens is 2. The SMILES string of the molecule is Cc1cc(C)c2c(CC(=O)NCCc3ccc(-c4csc(C)n4)cc3)noc2c1. The van der Waals surface area contributed by atoms with E-state index in [9.17, 15) is 4.79 Å². The first kappa shape index (κ1) is 19.3. The first-order valence-corrected chi connectivity index (χ1v) is 10.5. The second-order valence-corrected chi connectivity index (χ2v) is 8.37. The molecular formula is C23H23N3O2S. The van der Waals surface area contributed by atoms with Crippen molar-refractivity contribution in [1.82, 2.24) is 15.5 Å². The van der Waals surface area contributed by atoms with E-state index in [-0.39, 0.29) is 12.3 Å². The molecule has 0 bridgehead atoms. The minimum atomic E-state index is -0.0465. The average Bonchev–Trinajstić information content (AvgIpc) is 3.29. The fourth-order valence-corrected chi connectivity index (χ4v) is 4.16. The molecule has 0 aliphatic heterocycles. The molecule has 0 atom stereocenters. The third-order valence-corrected chi connectivity index (χ3v) is 5.69. The second-order valence-electron chi connectivity index (χ2n) is 7.31. The predicted octanol–water partition coefficient (Wildman–Crippen LogP) is 4.78. The smallest absolute Gasteiger partial charge is 0.226 e. The van der Waals surface area contributed by atoms with Crippen LogP contribution in [0.5, 0.6) is 0 Å². The number of hydrogen-bond donors (Lipinski definition) is 1. The topological polar surface area (TPSA) is 68.0 Å². The van der Waals surface area contributed by atoms with E-state index in [2.05, 4.69) is 51.2 Å². The molecule has 0 saturated carbocycles. The van der Waals surface area contributed by atoms with Gasteiger partial charge in [0.15, 0.2) is 5.58 Å². The largest absolute Gasteiger partial charge is 0.356 e. The van der Waals surface area contributed by atoms with Crippen LogP contribution in [0, 0.1) is 20.8 Å². The van der Waals surface area contributed by atoms with Gasteiger partial charge in [0, 0.05) is 22.9 Å². The van der Waals surface area contributed by atoms with Crippen molar-refractivity contribution in [3.05, 3.63) is 69.2 Å². The van der Waals surface area contributed by atoms with E-state index in [4.69, 9.17) is 4.52 Å². The number of aryl methyl sites for hydroxylation is 3.